The summed E-state index contributed by atoms with van der Waals surface area (Å²) in [5.74, 6) is 0.0942. The van der Waals surface area contributed by atoms with Crippen LogP contribution in [0.5, 0.6) is 0 Å². The van der Waals surface area contributed by atoms with E-state index in [1.54, 1.807) is 0 Å². The number of thioether (sulfide) groups is 1. The van der Waals surface area contributed by atoms with Crippen molar-refractivity contribution in [1.29, 1.82) is 0 Å². The molecule has 1 unspecified atom stereocenters. The number of hydrogen-bond acceptors (Lipinski definition) is 5. The number of Topliss-reactive ketones (excluding diaryl/α,β-unsaturated/α-hetero) is 1. The zero-order valence-corrected chi connectivity index (χ0v) is 15.4. The van der Waals surface area contributed by atoms with Gasteiger partial charge < -0.3 is 0 Å². The van der Waals surface area contributed by atoms with Gasteiger partial charge in [0.2, 0.25) is 0 Å². The second-order valence-corrected chi connectivity index (χ2v) is 8.26. The minimum Gasteiger partial charge on any atom is -0.293 e. The number of aromatic nitrogens is 2. The summed E-state index contributed by atoms with van der Waals surface area (Å²) in [6.45, 7) is 5.98. The molecule has 0 saturated carbocycles. The van der Waals surface area contributed by atoms with Crippen LogP contribution in [0.15, 0.2) is 52.9 Å². The number of carbonyl (C=O) groups is 1. The Bertz CT molecular complexity index is 839. The molecule has 24 heavy (non-hydrogen) atoms. The van der Waals surface area contributed by atoms with E-state index in [4.69, 9.17) is 0 Å². The van der Waals surface area contributed by atoms with Gasteiger partial charge in [0.05, 0.1) is 5.25 Å². The zero-order valence-electron chi connectivity index (χ0n) is 13.8. The smallest absolute Gasteiger partial charge is 0.180 e. The largest absolute Gasteiger partial charge is 0.293 e. The molecule has 3 aromatic rings. The maximum Gasteiger partial charge on any atom is 0.180 e. The molecule has 0 saturated heterocycles. The molecule has 1 atom stereocenters. The van der Waals surface area contributed by atoms with Gasteiger partial charge in [-0.1, -0.05) is 82.8 Å². The molecule has 5 heteroatoms. The fourth-order valence-corrected chi connectivity index (χ4v) is 4.40. The van der Waals surface area contributed by atoms with E-state index in [9.17, 15) is 4.79 Å². The lowest BCUT2D eigenvalue weighted by atomic mass is 10.0. The molecule has 0 aliphatic heterocycles. The average Bonchev–Trinajstić information content (AvgIpc) is 2.99. The SMILES string of the molecule is Cc1ccc(C(=O)C(Sc2nnc(C)s2)c2ccc(C)cc2)cc1. The molecule has 0 bridgehead atoms. The van der Waals surface area contributed by atoms with Gasteiger partial charge in [-0.25, -0.2) is 0 Å². The van der Waals surface area contributed by atoms with Gasteiger partial charge in [0, 0.05) is 5.56 Å². The second-order valence-electron chi connectivity index (χ2n) is 5.73. The van der Waals surface area contributed by atoms with Gasteiger partial charge in [-0.2, -0.15) is 0 Å². The van der Waals surface area contributed by atoms with E-state index in [2.05, 4.69) is 10.2 Å². The molecule has 3 nitrogen and oxygen atoms in total. The summed E-state index contributed by atoms with van der Waals surface area (Å²) in [6.07, 6.45) is 0. The Kier molecular flexibility index (Phi) is 5.11. The maximum absolute atomic E-state index is 13.1. The monoisotopic (exact) mass is 354 g/mol. The highest BCUT2D eigenvalue weighted by Crippen LogP contribution is 2.39. The van der Waals surface area contributed by atoms with Crippen LogP contribution in [0.2, 0.25) is 0 Å². The summed E-state index contributed by atoms with van der Waals surface area (Å²) in [7, 11) is 0. The van der Waals surface area contributed by atoms with Crippen molar-refractivity contribution in [3.63, 3.8) is 0 Å². The van der Waals surface area contributed by atoms with Crippen molar-refractivity contribution in [2.75, 3.05) is 0 Å². The molecule has 0 fully saturated rings. The number of rotatable bonds is 5. The van der Waals surface area contributed by atoms with E-state index < -0.39 is 0 Å². The van der Waals surface area contributed by atoms with Crippen molar-refractivity contribution >= 4 is 28.9 Å². The predicted octanol–water partition coefficient (Wildman–Crippen LogP) is 5.18. The van der Waals surface area contributed by atoms with Crippen LogP contribution in [0.1, 0.15) is 37.3 Å². The predicted molar refractivity (Wildman–Crippen MR) is 99.9 cm³/mol. The molecular weight excluding hydrogens is 336 g/mol. The highest BCUT2D eigenvalue weighted by atomic mass is 32.2. The summed E-state index contributed by atoms with van der Waals surface area (Å²) in [6, 6.07) is 15.8. The summed E-state index contributed by atoms with van der Waals surface area (Å²) in [5, 5.41) is 8.81. The van der Waals surface area contributed by atoms with E-state index in [1.807, 2.05) is 69.3 Å². The highest BCUT2D eigenvalue weighted by Gasteiger charge is 2.25. The van der Waals surface area contributed by atoms with Gasteiger partial charge in [-0.15, -0.1) is 10.2 Å². The van der Waals surface area contributed by atoms with Gasteiger partial charge in [0.25, 0.3) is 0 Å². The van der Waals surface area contributed by atoms with Gasteiger partial charge >= 0.3 is 0 Å². The summed E-state index contributed by atoms with van der Waals surface area (Å²) < 4.78 is 0.818. The minimum absolute atomic E-state index is 0.0942. The Morgan fingerprint density at radius 3 is 2.04 bits per heavy atom. The first kappa shape index (κ1) is 16.9. The maximum atomic E-state index is 13.1. The fourth-order valence-electron chi connectivity index (χ4n) is 2.31. The Balaban J connectivity index is 1.95. The third kappa shape index (κ3) is 3.91. The van der Waals surface area contributed by atoms with Crippen molar-refractivity contribution in [2.24, 2.45) is 0 Å². The van der Waals surface area contributed by atoms with Crippen LogP contribution in [0.25, 0.3) is 0 Å². The molecule has 1 aromatic heterocycles. The summed E-state index contributed by atoms with van der Waals surface area (Å²) in [5.41, 5.74) is 4.03. The standard InChI is InChI=1S/C19H18N2OS2/c1-12-4-8-15(9-5-12)17(22)18(16-10-6-13(2)7-11-16)24-19-21-20-14(3)23-19/h4-11,18H,1-3H3. The van der Waals surface area contributed by atoms with Crippen molar-refractivity contribution in [3.8, 4) is 0 Å². The molecule has 1 heterocycles. The highest BCUT2D eigenvalue weighted by molar-refractivity contribution is 8.01. The molecule has 122 valence electrons. The first-order valence-electron chi connectivity index (χ1n) is 7.67. The van der Waals surface area contributed by atoms with Crippen molar-refractivity contribution in [3.05, 3.63) is 75.8 Å². The molecule has 0 aliphatic carbocycles. The molecule has 3 rings (SSSR count). The number of carbonyl (C=O) groups excluding carboxylic acids is 1. The average molecular weight is 355 g/mol. The molecule has 0 aliphatic rings. The topological polar surface area (TPSA) is 42.9 Å². The van der Waals surface area contributed by atoms with Crippen molar-refractivity contribution in [2.45, 2.75) is 30.4 Å². The summed E-state index contributed by atoms with van der Waals surface area (Å²) in [4.78, 5) is 13.1. The Hall–Kier alpha value is -1.98. The molecule has 0 radical (unpaired) electrons. The second kappa shape index (κ2) is 7.28. The van der Waals surface area contributed by atoms with Crippen LogP contribution >= 0.6 is 23.1 Å². The number of hydrogen-bond donors (Lipinski definition) is 0. The normalized spacial score (nSPS) is 12.1. The summed E-state index contributed by atoms with van der Waals surface area (Å²) >= 11 is 2.99. The number of benzene rings is 2. The molecule has 0 N–H and O–H groups in total. The number of aryl methyl sites for hydroxylation is 3. The third-order valence-electron chi connectivity index (χ3n) is 3.68. The number of nitrogens with zero attached hydrogens (tertiary/aromatic N) is 2. The molecular formula is C19H18N2OS2. The lowest BCUT2D eigenvalue weighted by Gasteiger charge is -2.15. The minimum atomic E-state index is -0.319. The van der Waals surface area contributed by atoms with Crippen molar-refractivity contribution < 1.29 is 4.79 Å². The van der Waals surface area contributed by atoms with Crippen LogP contribution in [0.4, 0.5) is 0 Å². The van der Waals surface area contributed by atoms with E-state index in [-0.39, 0.29) is 11.0 Å². The third-order valence-corrected chi connectivity index (χ3v) is 5.86. The van der Waals surface area contributed by atoms with Crippen LogP contribution in [-0.2, 0) is 0 Å². The molecule has 0 spiro atoms. The van der Waals surface area contributed by atoms with Crippen LogP contribution in [-0.4, -0.2) is 16.0 Å². The van der Waals surface area contributed by atoms with E-state index in [0.29, 0.717) is 0 Å². The first-order chi connectivity index (χ1) is 11.5. The van der Waals surface area contributed by atoms with E-state index >= 15 is 0 Å². The van der Waals surface area contributed by atoms with Crippen LogP contribution in [0.3, 0.4) is 0 Å². The first-order valence-corrected chi connectivity index (χ1v) is 9.37. The molecule has 2 aromatic carbocycles. The zero-order chi connectivity index (χ0) is 17.1. The number of ketones is 1. The van der Waals surface area contributed by atoms with Crippen LogP contribution in [0, 0.1) is 20.8 Å². The Morgan fingerprint density at radius 2 is 1.50 bits per heavy atom. The quantitative estimate of drug-likeness (QED) is 0.468. The van der Waals surface area contributed by atoms with Crippen LogP contribution < -0.4 is 0 Å². The lowest BCUT2D eigenvalue weighted by molar-refractivity contribution is 0.0989. The van der Waals surface area contributed by atoms with E-state index in [1.165, 1.54) is 28.7 Å². The van der Waals surface area contributed by atoms with E-state index in [0.717, 1.165) is 26.0 Å². The lowest BCUT2D eigenvalue weighted by Crippen LogP contribution is -2.10. The van der Waals surface area contributed by atoms with Gasteiger partial charge in [0.1, 0.15) is 5.01 Å². The van der Waals surface area contributed by atoms with Crippen molar-refractivity contribution in [1.82, 2.24) is 10.2 Å². The Morgan fingerprint density at radius 1 is 0.917 bits per heavy atom. The van der Waals surface area contributed by atoms with Gasteiger partial charge in [-0.3, -0.25) is 4.79 Å². The Labute approximate surface area is 150 Å². The molecule has 0 amide bonds. The van der Waals surface area contributed by atoms with Gasteiger partial charge in [-0.05, 0) is 26.3 Å². The fraction of sp³-hybridized carbons (Fsp3) is 0.211. The van der Waals surface area contributed by atoms with Gasteiger partial charge in [0.15, 0.2) is 10.1 Å².